The Morgan fingerprint density at radius 3 is 2.62 bits per heavy atom. The van der Waals surface area contributed by atoms with Crippen molar-refractivity contribution in [1.29, 1.82) is 0 Å². The van der Waals surface area contributed by atoms with Crippen LogP contribution in [-0.4, -0.2) is 50.6 Å². The van der Waals surface area contributed by atoms with Gasteiger partial charge in [-0.25, -0.2) is 0 Å². The van der Waals surface area contributed by atoms with Gasteiger partial charge >= 0.3 is 0 Å². The van der Waals surface area contributed by atoms with Crippen molar-refractivity contribution < 1.29 is 0 Å². The second kappa shape index (κ2) is 9.67. The van der Waals surface area contributed by atoms with E-state index in [1.165, 1.54) is 49.2 Å². The highest BCUT2D eigenvalue weighted by Crippen LogP contribution is 2.15. The summed E-state index contributed by atoms with van der Waals surface area (Å²) in [6.07, 6.45) is 3.57. The number of nitrogens with one attached hydrogen (secondary N) is 2. The number of aryl methyl sites for hydroxylation is 2. The molecule has 1 unspecified atom stereocenters. The molecular formula is C20H34N4. The predicted octanol–water partition coefficient (Wildman–Crippen LogP) is 2.74. The van der Waals surface area contributed by atoms with Crippen LogP contribution in [0.15, 0.2) is 23.2 Å². The van der Waals surface area contributed by atoms with Crippen LogP contribution in [0, 0.1) is 19.8 Å². The zero-order chi connectivity index (χ0) is 17.4. The van der Waals surface area contributed by atoms with Crippen LogP contribution in [0.25, 0.3) is 0 Å². The lowest BCUT2D eigenvalue weighted by molar-refractivity contribution is 0.324. The second-order valence-corrected chi connectivity index (χ2v) is 7.08. The molecule has 0 aromatic heterocycles. The summed E-state index contributed by atoms with van der Waals surface area (Å²) in [4.78, 5) is 6.92. The van der Waals surface area contributed by atoms with Gasteiger partial charge in [0.05, 0.1) is 0 Å². The monoisotopic (exact) mass is 330 g/mol. The molecule has 134 valence electrons. The van der Waals surface area contributed by atoms with Gasteiger partial charge in [-0.1, -0.05) is 36.2 Å². The van der Waals surface area contributed by atoms with Crippen LogP contribution in [-0.2, 0) is 6.42 Å². The number of rotatable bonds is 7. The molecule has 0 bridgehead atoms. The summed E-state index contributed by atoms with van der Waals surface area (Å²) in [7, 11) is 1.85. The summed E-state index contributed by atoms with van der Waals surface area (Å²) < 4.78 is 0. The van der Waals surface area contributed by atoms with Crippen LogP contribution in [0.2, 0.25) is 0 Å². The van der Waals surface area contributed by atoms with Crippen molar-refractivity contribution in [2.75, 3.05) is 39.8 Å². The molecule has 0 radical (unpaired) electrons. The molecular weight excluding hydrogens is 296 g/mol. The maximum absolute atomic E-state index is 4.35. The Morgan fingerprint density at radius 1 is 1.21 bits per heavy atom. The number of guanidine groups is 1. The van der Waals surface area contributed by atoms with Gasteiger partial charge in [0.15, 0.2) is 5.96 Å². The quantitative estimate of drug-likeness (QED) is 0.596. The summed E-state index contributed by atoms with van der Waals surface area (Å²) in [6.45, 7) is 12.2. The van der Waals surface area contributed by atoms with Gasteiger partial charge in [-0.3, -0.25) is 4.99 Å². The molecule has 0 saturated carbocycles. The second-order valence-electron chi connectivity index (χ2n) is 7.08. The van der Waals surface area contributed by atoms with E-state index in [9.17, 15) is 0 Å². The van der Waals surface area contributed by atoms with E-state index in [1.807, 2.05) is 7.05 Å². The summed E-state index contributed by atoms with van der Waals surface area (Å²) in [5.74, 6) is 1.67. The topological polar surface area (TPSA) is 39.7 Å². The molecule has 1 aromatic rings. The van der Waals surface area contributed by atoms with Crippen LogP contribution in [0.3, 0.4) is 0 Å². The Bertz CT molecular complexity index is 518. The molecule has 1 heterocycles. The fourth-order valence-electron chi connectivity index (χ4n) is 3.60. The van der Waals surface area contributed by atoms with Gasteiger partial charge in [-0.05, 0) is 57.7 Å². The van der Waals surface area contributed by atoms with E-state index in [4.69, 9.17) is 0 Å². The molecule has 4 nitrogen and oxygen atoms in total. The maximum atomic E-state index is 4.35. The highest BCUT2D eigenvalue weighted by Gasteiger charge is 2.21. The number of likely N-dealkylation sites (tertiary alicyclic amines) is 1. The van der Waals surface area contributed by atoms with Gasteiger partial charge < -0.3 is 15.5 Å². The normalized spacial score (nSPS) is 18.8. The van der Waals surface area contributed by atoms with Crippen molar-refractivity contribution >= 4 is 5.96 Å². The predicted molar refractivity (Wildman–Crippen MR) is 104 cm³/mol. The number of hydrogen-bond donors (Lipinski definition) is 2. The Kier molecular flexibility index (Phi) is 7.57. The van der Waals surface area contributed by atoms with Gasteiger partial charge in [0.1, 0.15) is 0 Å². The van der Waals surface area contributed by atoms with E-state index in [-0.39, 0.29) is 0 Å². The summed E-state index contributed by atoms with van der Waals surface area (Å²) in [5, 5.41) is 6.94. The third-order valence-electron chi connectivity index (χ3n) is 4.68. The fraction of sp³-hybridized carbons (Fsp3) is 0.650. The maximum Gasteiger partial charge on any atom is 0.190 e. The first-order chi connectivity index (χ1) is 11.6. The summed E-state index contributed by atoms with van der Waals surface area (Å²) >= 11 is 0. The summed E-state index contributed by atoms with van der Waals surface area (Å²) in [6, 6.07) is 6.76. The molecule has 1 aliphatic heterocycles. The lowest BCUT2D eigenvalue weighted by Crippen LogP contribution is -2.41. The van der Waals surface area contributed by atoms with Gasteiger partial charge in [-0.2, -0.15) is 0 Å². The number of nitrogens with zero attached hydrogens (tertiary/aromatic N) is 2. The van der Waals surface area contributed by atoms with Crippen LogP contribution in [0.4, 0.5) is 0 Å². The summed E-state index contributed by atoms with van der Waals surface area (Å²) in [5.41, 5.74) is 4.07. The third-order valence-corrected chi connectivity index (χ3v) is 4.68. The number of aliphatic imine (C=N–C) groups is 1. The van der Waals surface area contributed by atoms with Gasteiger partial charge in [0.2, 0.25) is 0 Å². The van der Waals surface area contributed by atoms with E-state index in [0.29, 0.717) is 0 Å². The lowest BCUT2D eigenvalue weighted by Gasteiger charge is -2.17. The van der Waals surface area contributed by atoms with Crippen LogP contribution in [0.5, 0.6) is 0 Å². The van der Waals surface area contributed by atoms with Crippen molar-refractivity contribution in [3.05, 3.63) is 34.9 Å². The minimum absolute atomic E-state index is 0.745. The molecule has 1 aromatic carbocycles. The molecule has 2 rings (SSSR count). The smallest absolute Gasteiger partial charge is 0.190 e. The van der Waals surface area contributed by atoms with Crippen molar-refractivity contribution in [2.24, 2.45) is 10.9 Å². The third kappa shape index (κ3) is 6.16. The Hall–Kier alpha value is -1.55. The molecule has 0 spiro atoms. The largest absolute Gasteiger partial charge is 0.356 e. The molecule has 1 aliphatic rings. The van der Waals surface area contributed by atoms with Gasteiger partial charge in [-0.15, -0.1) is 0 Å². The SMILES string of the molecule is CCCN1CCC(CNC(=NC)NCCc2cc(C)cc(C)c2)C1. The highest BCUT2D eigenvalue weighted by molar-refractivity contribution is 5.79. The minimum Gasteiger partial charge on any atom is -0.356 e. The van der Waals surface area contributed by atoms with Gasteiger partial charge in [0, 0.05) is 26.7 Å². The molecule has 0 amide bonds. The molecule has 24 heavy (non-hydrogen) atoms. The van der Waals surface area contributed by atoms with E-state index >= 15 is 0 Å². The van der Waals surface area contributed by atoms with Crippen LogP contribution in [0.1, 0.15) is 36.5 Å². The first-order valence-electron chi connectivity index (χ1n) is 9.34. The fourth-order valence-corrected chi connectivity index (χ4v) is 3.60. The zero-order valence-corrected chi connectivity index (χ0v) is 15.9. The first kappa shape index (κ1) is 18.8. The Labute approximate surface area is 147 Å². The first-order valence-corrected chi connectivity index (χ1v) is 9.34. The average Bonchev–Trinajstić information content (AvgIpc) is 2.98. The van der Waals surface area contributed by atoms with Crippen LogP contribution >= 0.6 is 0 Å². The molecule has 1 atom stereocenters. The molecule has 1 saturated heterocycles. The van der Waals surface area contributed by atoms with Crippen LogP contribution < -0.4 is 10.6 Å². The number of hydrogen-bond acceptors (Lipinski definition) is 2. The van der Waals surface area contributed by atoms with Crippen molar-refractivity contribution in [1.82, 2.24) is 15.5 Å². The molecule has 1 fully saturated rings. The van der Waals surface area contributed by atoms with E-state index in [1.54, 1.807) is 0 Å². The van der Waals surface area contributed by atoms with Crippen molar-refractivity contribution in [2.45, 2.75) is 40.0 Å². The van der Waals surface area contributed by atoms with E-state index in [2.05, 4.69) is 59.5 Å². The highest BCUT2D eigenvalue weighted by atomic mass is 15.2. The zero-order valence-electron chi connectivity index (χ0n) is 15.9. The molecule has 0 aliphatic carbocycles. The Balaban J connectivity index is 1.69. The van der Waals surface area contributed by atoms with E-state index in [0.717, 1.165) is 31.4 Å². The van der Waals surface area contributed by atoms with Crippen molar-refractivity contribution in [3.8, 4) is 0 Å². The Morgan fingerprint density at radius 2 is 1.96 bits per heavy atom. The molecule has 4 heteroatoms. The van der Waals surface area contributed by atoms with Crippen molar-refractivity contribution in [3.63, 3.8) is 0 Å². The van der Waals surface area contributed by atoms with E-state index < -0.39 is 0 Å². The lowest BCUT2D eigenvalue weighted by atomic mass is 10.1. The van der Waals surface area contributed by atoms with Gasteiger partial charge in [0.25, 0.3) is 0 Å². The molecule has 2 N–H and O–H groups in total. The number of benzene rings is 1. The standard InChI is InChI=1S/C20H34N4/c1-5-9-24-10-7-19(15-24)14-23-20(21-4)22-8-6-18-12-16(2)11-17(3)13-18/h11-13,19H,5-10,14-15H2,1-4H3,(H2,21,22,23). The minimum atomic E-state index is 0.745. The average molecular weight is 331 g/mol.